The minimum Gasteiger partial charge on any atom is -0.294 e. The predicted octanol–water partition coefficient (Wildman–Crippen LogP) is 8.11. The second-order valence-electron chi connectivity index (χ2n) is 12.3. The minimum absolute atomic E-state index is 0.355. The van der Waals surface area contributed by atoms with Gasteiger partial charge in [-0.25, -0.2) is 0 Å². The Hall–Kier alpha value is -1.37. The largest absolute Gasteiger partial charge is 0.294 e. The predicted molar refractivity (Wildman–Crippen MR) is 129 cm³/mol. The Bertz CT molecular complexity index is 839. The Labute approximate surface area is 190 Å². The minimum atomic E-state index is 0.355. The first-order valence-electron chi connectivity index (χ1n) is 13.1. The quantitative estimate of drug-likeness (QED) is 0.356. The first-order valence-corrected chi connectivity index (χ1v) is 13.1. The first kappa shape index (κ1) is 21.5. The normalized spacial score (nSPS) is 44.1. The summed E-state index contributed by atoms with van der Waals surface area (Å²) in [6.07, 6.45) is 13.1. The third kappa shape index (κ3) is 3.46. The highest BCUT2D eigenvalue weighted by molar-refractivity contribution is 5.96. The van der Waals surface area contributed by atoms with Crippen LogP contribution in [0.2, 0.25) is 0 Å². The summed E-state index contributed by atoms with van der Waals surface area (Å²) in [6, 6.07) is 9.95. The lowest BCUT2D eigenvalue weighted by atomic mass is 9.44. The van der Waals surface area contributed by atoms with Gasteiger partial charge in [0, 0.05) is 12.0 Å². The van der Waals surface area contributed by atoms with Gasteiger partial charge in [-0.1, -0.05) is 56.3 Å². The molecule has 0 N–H and O–H groups in total. The van der Waals surface area contributed by atoms with Crippen LogP contribution in [0.15, 0.2) is 42.5 Å². The maximum absolute atomic E-state index is 12.8. The summed E-state index contributed by atoms with van der Waals surface area (Å²) in [6.45, 7) is 11.9. The van der Waals surface area contributed by atoms with Crippen LogP contribution in [0.1, 0.15) is 95.3 Å². The zero-order valence-corrected chi connectivity index (χ0v) is 20.0. The molecule has 0 bridgehead atoms. The van der Waals surface area contributed by atoms with E-state index in [2.05, 4.69) is 27.4 Å². The van der Waals surface area contributed by atoms with E-state index in [0.717, 1.165) is 41.6 Å². The van der Waals surface area contributed by atoms with Crippen molar-refractivity contribution in [3.63, 3.8) is 0 Å². The van der Waals surface area contributed by atoms with Gasteiger partial charge in [-0.2, -0.15) is 0 Å². The van der Waals surface area contributed by atoms with E-state index in [1.54, 1.807) is 0 Å². The summed E-state index contributed by atoms with van der Waals surface area (Å²) in [4.78, 5) is 12.8. The number of hydrogen-bond acceptors (Lipinski definition) is 1. The average molecular weight is 419 g/mol. The molecule has 1 aromatic carbocycles. The molecule has 0 spiro atoms. The van der Waals surface area contributed by atoms with Gasteiger partial charge in [0.1, 0.15) is 0 Å². The summed E-state index contributed by atoms with van der Waals surface area (Å²) in [5, 5.41) is 0. The number of rotatable bonds is 4. The molecule has 4 saturated carbocycles. The van der Waals surface area contributed by atoms with Crippen molar-refractivity contribution >= 4 is 5.78 Å². The third-order valence-electron chi connectivity index (χ3n) is 10.9. The molecule has 0 saturated heterocycles. The van der Waals surface area contributed by atoms with Gasteiger partial charge in [-0.15, -0.1) is 0 Å². The van der Waals surface area contributed by atoms with Crippen molar-refractivity contribution in [3.8, 4) is 0 Å². The number of ketones is 1. The molecule has 0 aromatic heterocycles. The Morgan fingerprint density at radius 1 is 0.935 bits per heavy atom. The van der Waals surface area contributed by atoms with Gasteiger partial charge in [0.2, 0.25) is 0 Å². The van der Waals surface area contributed by atoms with Crippen LogP contribution in [-0.2, 0) is 0 Å². The molecule has 0 heterocycles. The molecule has 8 unspecified atom stereocenters. The van der Waals surface area contributed by atoms with Gasteiger partial charge in [-0.05, 0) is 111 Å². The van der Waals surface area contributed by atoms with Crippen molar-refractivity contribution in [1.29, 1.82) is 0 Å². The molecule has 0 amide bonds. The van der Waals surface area contributed by atoms with Gasteiger partial charge >= 0.3 is 0 Å². The van der Waals surface area contributed by atoms with Crippen LogP contribution in [0.25, 0.3) is 0 Å². The van der Waals surface area contributed by atoms with Gasteiger partial charge < -0.3 is 0 Å². The van der Waals surface area contributed by atoms with E-state index in [-0.39, 0.29) is 0 Å². The van der Waals surface area contributed by atoms with Crippen molar-refractivity contribution in [2.24, 2.45) is 46.3 Å². The third-order valence-corrected chi connectivity index (χ3v) is 10.9. The summed E-state index contributed by atoms with van der Waals surface area (Å²) >= 11 is 0. The molecular formula is C30H42O. The lowest BCUT2D eigenvalue weighted by Crippen LogP contribution is -2.53. The highest BCUT2D eigenvalue weighted by Crippen LogP contribution is 2.68. The molecule has 5 rings (SSSR count). The number of benzene rings is 1. The summed E-state index contributed by atoms with van der Waals surface area (Å²) < 4.78 is 0. The molecule has 4 aliphatic carbocycles. The summed E-state index contributed by atoms with van der Waals surface area (Å²) in [5.41, 5.74) is 3.36. The molecule has 8 atom stereocenters. The van der Waals surface area contributed by atoms with Crippen LogP contribution in [0.3, 0.4) is 0 Å². The maximum atomic E-state index is 12.8. The van der Waals surface area contributed by atoms with Crippen LogP contribution < -0.4 is 0 Å². The second-order valence-corrected chi connectivity index (χ2v) is 12.3. The topological polar surface area (TPSA) is 17.1 Å². The van der Waals surface area contributed by atoms with E-state index in [4.69, 9.17) is 0 Å². The fraction of sp³-hybridized carbons (Fsp3) is 0.700. The zero-order valence-electron chi connectivity index (χ0n) is 20.0. The number of allylic oxidation sites excluding steroid dienone is 1. The smallest absolute Gasteiger partial charge is 0.163 e. The Morgan fingerprint density at radius 2 is 1.65 bits per heavy atom. The zero-order chi connectivity index (χ0) is 21.8. The Morgan fingerprint density at radius 3 is 2.39 bits per heavy atom. The van der Waals surface area contributed by atoms with Gasteiger partial charge in [-0.3, -0.25) is 4.79 Å². The molecule has 1 aromatic rings. The average Bonchev–Trinajstić information content (AvgIpc) is 3.12. The van der Waals surface area contributed by atoms with Gasteiger partial charge in [0.15, 0.2) is 5.78 Å². The highest BCUT2D eigenvalue weighted by atomic mass is 16.1. The molecule has 1 nitrogen and oxygen atoms in total. The van der Waals surface area contributed by atoms with E-state index >= 15 is 0 Å². The monoisotopic (exact) mass is 418 g/mol. The van der Waals surface area contributed by atoms with E-state index < -0.39 is 0 Å². The summed E-state index contributed by atoms with van der Waals surface area (Å²) in [7, 11) is 0. The van der Waals surface area contributed by atoms with E-state index in [1.165, 1.54) is 63.4 Å². The second kappa shape index (κ2) is 7.89. The maximum Gasteiger partial charge on any atom is 0.163 e. The van der Waals surface area contributed by atoms with E-state index in [9.17, 15) is 4.79 Å². The van der Waals surface area contributed by atoms with Crippen molar-refractivity contribution in [1.82, 2.24) is 0 Å². The lowest BCUT2D eigenvalue weighted by molar-refractivity contribution is -0.115. The standard InChI is InChI=1S/C30H42O/c1-20(2)25-12-13-26-24-11-10-23-18-21(19-28(31)22-8-6-5-7-9-22)14-16-29(23,3)27(24)15-17-30(25,26)4/h5-9,21,23-27H,1,10-19H2,2-4H3. The van der Waals surface area contributed by atoms with Crippen LogP contribution in [0, 0.1) is 46.3 Å². The van der Waals surface area contributed by atoms with Crippen LogP contribution in [0.5, 0.6) is 0 Å². The number of carbonyl (C=O) groups excluding carboxylic acids is 1. The number of Topliss-reactive ketones (excluding diaryl/α,β-unsaturated/α-hetero) is 1. The van der Waals surface area contributed by atoms with Crippen molar-refractivity contribution < 1.29 is 4.79 Å². The Kier molecular flexibility index (Phi) is 5.47. The fourth-order valence-electron chi connectivity index (χ4n) is 9.35. The molecule has 0 aliphatic heterocycles. The highest BCUT2D eigenvalue weighted by Gasteiger charge is 2.60. The number of hydrogen-bond donors (Lipinski definition) is 0. The molecule has 31 heavy (non-hydrogen) atoms. The van der Waals surface area contributed by atoms with Crippen LogP contribution in [-0.4, -0.2) is 5.78 Å². The van der Waals surface area contributed by atoms with Crippen LogP contribution >= 0.6 is 0 Å². The first-order chi connectivity index (χ1) is 14.8. The van der Waals surface area contributed by atoms with E-state index in [0.29, 0.717) is 22.5 Å². The lowest BCUT2D eigenvalue weighted by Gasteiger charge is -2.61. The van der Waals surface area contributed by atoms with E-state index in [1.807, 2.05) is 30.3 Å². The van der Waals surface area contributed by atoms with Crippen LogP contribution in [0.4, 0.5) is 0 Å². The number of fused-ring (bicyclic) bond motifs is 5. The fourth-order valence-corrected chi connectivity index (χ4v) is 9.35. The molecule has 1 heteroatoms. The molecule has 168 valence electrons. The molecule has 4 aliphatic rings. The molecule has 4 fully saturated rings. The SMILES string of the molecule is C=C(C)C1CCC2C3CCC4CC(CC(=O)c5ccccc5)CCC4(C)C3CCC12C. The Balaban J connectivity index is 1.28. The summed E-state index contributed by atoms with van der Waals surface area (Å²) in [5.74, 6) is 5.31. The molecular weight excluding hydrogens is 376 g/mol. The van der Waals surface area contributed by atoms with Crippen molar-refractivity contribution in [2.75, 3.05) is 0 Å². The van der Waals surface area contributed by atoms with Crippen molar-refractivity contribution in [3.05, 3.63) is 48.0 Å². The van der Waals surface area contributed by atoms with Crippen molar-refractivity contribution in [2.45, 2.75) is 85.0 Å². The van der Waals surface area contributed by atoms with Gasteiger partial charge in [0.05, 0.1) is 0 Å². The van der Waals surface area contributed by atoms with Gasteiger partial charge in [0.25, 0.3) is 0 Å². The number of carbonyl (C=O) groups is 1. The molecule has 0 radical (unpaired) electrons.